The summed E-state index contributed by atoms with van der Waals surface area (Å²) in [5, 5.41) is 3.43. The van der Waals surface area contributed by atoms with E-state index >= 15 is 0 Å². The number of rotatable bonds is 6. The summed E-state index contributed by atoms with van der Waals surface area (Å²) in [5.41, 5.74) is 1.07. The molecule has 2 nitrogen and oxygen atoms in total. The van der Waals surface area contributed by atoms with E-state index in [2.05, 4.69) is 5.32 Å². The fourth-order valence-electron chi connectivity index (χ4n) is 1.78. The van der Waals surface area contributed by atoms with Crippen molar-refractivity contribution in [3.05, 3.63) is 64.7 Å². The molecule has 0 aliphatic carbocycles. The molecular formula is C16H14ClF2NOS. The van der Waals surface area contributed by atoms with E-state index in [4.69, 9.17) is 11.6 Å². The SMILES string of the molecule is O=C(CSc1ccc(F)cc1F)NCCc1ccc(Cl)cc1. The zero-order chi connectivity index (χ0) is 15.9. The van der Waals surface area contributed by atoms with Crippen molar-refractivity contribution in [1.82, 2.24) is 5.32 Å². The Bertz CT molecular complexity index is 649. The molecule has 0 spiro atoms. The Morgan fingerprint density at radius 3 is 2.55 bits per heavy atom. The lowest BCUT2D eigenvalue weighted by atomic mass is 10.1. The van der Waals surface area contributed by atoms with Gasteiger partial charge < -0.3 is 5.32 Å². The molecule has 0 aliphatic rings. The lowest BCUT2D eigenvalue weighted by Gasteiger charge is -2.06. The Labute approximate surface area is 136 Å². The van der Waals surface area contributed by atoms with Crippen LogP contribution in [0.2, 0.25) is 5.02 Å². The predicted octanol–water partition coefficient (Wildman–Crippen LogP) is 4.07. The Hall–Kier alpha value is -1.59. The number of carbonyl (C=O) groups is 1. The Morgan fingerprint density at radius 2 is 1.86 bits per heavy atom. The maximum Gasteiger partial charge on any atom is 0.230 e. The number of amides is 1. The van der Waals surface area contributed by atoms with Crippen LogP contribution in [0, 0.1) is 11.6 Å². The molecule has 6 heteroatoms. The molecule has 2 rings (SSSR count). The molecule has 0 aliphatic heterocycles. The van der Waals surface area contributed by atoms with Crippen LogP contribution in [-0.2, 0) is 11.2 Å². The second kappa shape index (κ2) is 8.15. The van der Waals surface area contributed by atoms with E-state index in [-0.39, 0.29) is 16.6 Å². The van der Waals surface area contributed by atoms with Crippen LogP contribution in [0.1, 0.15) is 5.56 Å². The molecular weight excluding hydrogens is 328 g/mol. The highest BCUT2D eigenvalue weighted by molar-refractivity contribution is 8.00. The zero-order valence-corrected chi connectivity index (χ0v) is 13.2. The fourth-order valence-corrected chi connectivity index (χ4v) is 2.66. The van der Waals surface area contributed by atoms with Crippen LogP contribution in [0.15, 0.2) is 47.4 Å². The highest BCUT2D eigenvalue weighted by Gasteiger charge is 2.07. The van der Waals surface area contributed by atoms with Gasteiger partial charge in [0.25, 0.3) is 0 Å². The first-order valence-corrected chi connectivity index (χ1v) is 8.00. The first-order valence-electron chi connectivity index (χ1n) is 6.63. The Morgan fingerprint density at radius 1 is 1.14 bits per heavy atom. The molecule has 0 atom stereocenters. The molecule has 2 aromatic rings. The summed E-state index contributed by atoms with van der Waals surface area (Å²) in [6, 6.07) is 10.7. The number of benzene rings is 2. The van der Waals surface area contributed by atoms with Crippen molar-refractivity contribution in [3.8, 4) is 0 Å². The second-order valence-corrected chi connectivity index (χ2v) is 6.04. The lowest BCUT2D eigenvalue weighted by molar-refractivity contribution is -0.118. The summed E-state index contributed by atoms with van der Waals surface area (Å²) in [7, 11) is 0. The molecule has 1 amide bonds. The average molecular weight is 342 g/mol. The molecule has 116 valence electrons. The highest BCUT2D eigenvalue weighted by Crippen LogP contribution is 2.21. The van der Waals surface area contributed by atoms with Gasteiger partial charge in [-0.1, -0.05) is 23.7 Å². The summed E-state index contributed by atoms with van der Waals surface area (Å²) in [4.78, 5) is 11.9. The van der Waals surface area contributed by atoms with Crippen LogP contribution in [0.3, 0.4) is 0 Å². The van der Waals surface area contributed by atoms with E-state index in [1.807, 2.05) is 12.1 Å². The van der Waals surface area contributed by atoms with Gasteiger partial charge in [0, 0.05) is 22.5 Å². The highest BCUT2D eigenvalue weighted by atomic mass is 35.5. The van der Waals surface area contributed by atoms with Crippen molar-refractivity contribution in [3.63, 3.8) is 0 Å². The van der Waals surface area contributed by atoms with Crippen molar-refractivity contribution in [2.24, 2.45) is 0 Å². The van der Waals surface area contributed by atoms with E-state index < -0.39 is 11.6 Å². The first-order chi connectivity index (χ1) is 10.5. The smallest absolute Gasteiger partial charge is 0.230 e. The van der Waals surface area contributed by atoms with E-state index in [9.17, 15) is 13.6 Å². The van der Waals surface area contributed by atoms with Crippen LogP contribution >= 0.6 is 23.4 Å². The summed E-state index contributed by atoms with van der Waals surface area (Å²) < 4.78 is 26.2. The number of hydrogen-bond donors (Lipinski definition) is 1. The van der Waals surface area contributed by atoms with E-state index in [1.165, 1.54) is 12.1 Å². The van der Waals surface area contributed by atoms with Gasteiger partial charge in [0.2, 0.25) is 5.91 Å². The Kier molecular flexibility index (Phi) is 6.21. The normalized spacial score (nSPS) is 10.5. The third-order valence-electron chi connectivity index (χ3n) is 2.90. The molecule has 0 fully saturated rings. The molecule has 0 saturated heterocycles. The molecule has 0 bridgehead atoms. The topological polar surface area (TPSA) is 29.1 Å². The van der Waals surface area contributed by atoms with Crippen LogP contribution in [0.5, 0.6) is 0 Å². The molecule has 0 aromatic heterocycles. The Balaban J connectivity index is 1.72. The summed E-state index contributed by atoms with van der Waals surface area (Å²) in [5.74, 6) is -1.39. The standard InChI is InChI=1S/C16H14ClF2NOS/c17-12-3-1-11(2-4-12)7-8-20-16(21)10-22-15-6-5-13(18)9-14(15)19/h1-6,9H,7-8,10H2,(H,20,21). The van der Waals surface area contributed by atoms with E-state index in [1.54, 1.807) is 12.1 Å². The van der Waals surface area contributed by atoms with Gasteiger partial charge in [0.1, 0.15) is 11.6 Å². The molecule has 1 N–H and O–H groups in total. The average Bonchev–Trinajstić information content (AvgIpc) is 2.48. The van der Waals surface area contributed by atoms with Crippen LogP contribution in [-0.4, -0.2) is 18.2 Å². The minimum absolute atomic E-state index is 0.0865. The maximum absolute atomic E-state index is 13.4. The van der Waals surface area contributed by atoms with Crippen molar-refractivity contribution in [1.29, 1.82) is 0 Å². The third kappa shape index (κ3) is 5.31. The number of nitrogens with one attached hydrogen (secondary N) is 1. The predicted molar refractivity (Wildman–Crippen MR) is 85.2 cm³/mol. The molecule has 22 heavy (non-hydrogen) atoms. The number of carbonyl (C=O) groups excluding carboxylic acids is 1. The molecule has 0 heterocycles. The fraction of sp³-hybridized carbons (Fsp3) is 0.188. The van der Waals surface area contributed by atoms with Crippen molar-refractivity contribution < 1.29 is 13.6 Å². The monoisotopic (exact) mass is 341 g/mol. The van der Waals surface area contributed by atoms with E-state index in [0.29, 0.717) is 18.0 Å². The maximum atomic E-state index is 13.4. The largest absolute Gasteiger partial charge is 0.355 e. The first kappa shape index (κ1) is 16.8. The molecule has 0 radical (unpaired) electrons. The van der Waals surface area contributed by atoms with Gasteiger partial charge >= 0.3 is 0 Å². The quantitative estimate of drug-likeness (QED) is 0.802. The van der Waals surface area contributed by atoms with Gasteiger partial charge in [-0.15, -0.1) is 11.8 Å². The van der Waals surface area contributed by atoms with Gasteiger partial charge in [-0.2, -0.15) is 0 Å². The molecule has 0 saturated carbocycles. The van der Waals surface area contributed by atoms with Gasteiger partial charge in [0.15, 0.2) is 0 Å². The van der Waals surface area contributed by atoms with Crippen LogP contribution < -0.4 is 5.32 Å². The van der Waals surface area contributed by atoms with Crippen molar-refractivity contribution in [2.75, 3.05) is 12.3 Å². The van der Waals surface area contributed by atoms with Gasteiger partial charge in [-0.05, 0) is 36.2 Å². The van der Waals surface area contributed by atoms with Crippen LogP contribution in [0.25, 0.3) is 0 Å². The number of hydrogen-bond acceptors (Lipinski definition) is 2. The van der Waals surface area contributed by atoms with Gasteiger partial charge in [-0.3, -0.25) is 4.79 Å². The minimum Gasteiger partial charge on any atom is -0.355 e. The van der Waals surface area contributed by atoms with Gasteiger partial charge in [-0.25, -0.2) is 8.78 Å². The minimum atomic E-state index is -0.654. The summed E-state index contributed by atoms with van der Waals surface area (Å²) >= 11 is 6.83. The van der Waals surface area contributed by atoms with Crippen molar-refractivity contribution >= 4 is 29.3 Å². The second-order valence-electron chi connectivity index (χ2n) is 4.59. The zero-order valence-electron chi connectivity index (χ0n) is 11.6. The number of halogens is 3. The molecule has 0 unspecified atom stereocenters. The summed E-state index contributed by atoms with van der Waals surface area (Å²) in [6.07, 6.45) is 0.693. The number of thioether (sulfide) groups is 1. The van der Waals surface area contributed by atoms with Crippen LogP contribution in [0.4, 0.5) is 8.78 Å². The lowest BCUT2D eigenvalue weighted by Crippen LogP contribution is -2.27. The summed E-state index contributed by atoms with van der Waals surface area (Å²) in [6.45, 7) is 0.493. The molecule has 2 aromatic carbocycles. The van der Waals surface area contributed by atoms with Gasteiger partial charge in [0.05, 0.1) is 5.75 Å². The van der Waals surface area contributed by atoms with Crippen molar-refractivity contribution in [2.45, 2.75) is 11.3 Å². The van der Waals surface area contributed by atoms with E-state index in [0.717, 1.165) is 23.4 Å². The third-order valence-corrected chi connectivity index (χ3v) is 4.20.